The molecule has 0 fully saturated rings. The zero-order valence-electron chi connectivity index (χ0n) is 20.9. The molecule has 0 bridgehead atoms. The summed E-state index contributed by atoms with van der Waals surface area (Å²) in [4.78, 5) is 36.2. The molecule has 0 heterocycles. The van der Waals surface area contributed by atoms with Gasteiger partial charge in [0.05, 0.1) is 24.3 Å². The van der Waals surface area contributed by atoms with Crippen molar-refractivity contribution in [3.8, 4) is 16.9 Å². The van der Waals surface area contributed by atoms with E-state index in [-0.39, 0.29) is 5.92 Å². The molecule has 6 heteroatoms. The van der Waals surface area contributed by atoms with Gasteiger partial charge in [-0.3, -0.25) is 0 Å². The molecule has 0 spiro atoms. The largest absolute Gasteiger partial charge is 0.463 e. The molecular weight excluding hydrogens is 468 g/mol. The molecule has 0 saturated carbocycles. The van der Waals surface area contributed by atoms with Crippen LogP contribution in [0.2, 0.25) is 0 Å². The van der Waals surface area contributed by atoms with Crippen molar-refractivity contribution in [2.24, 2.45) is 0 Å². The Morgan fingerprint density at radius 1 is 0.757 bits per heavy atom. The summed E-state index contributed by atoms with van der Waals surface area (Å²) in [6, 6.07) is 20.3. The van der Waals surface area contributed by atoms with Crippen molar-refractivity contribution < 1.29 is 28.6 Å². The Bertz CT molecular complexity index is 1290. The van der Waals surface area contributed by atoms with E-state index in [0.717, 1.165) is 42.9 Å². The van der Waals surface area contributed by atoms with E-state index in [1.807, 2.05) is 24.3 Å². The van der Waals surface area contributed by atoms with Crippen molar-refractivity contribution in [1.29, 1.82) is 0 Å². The second-order valence-electron chi connectivity index (χ2n) is 8.91. The van der Waals surface area contributed by atoms with Crippen molar-refractivity contribution in [1.82, 2.24) is 0 Å². The first-order chi connectivity index (χ1) is 18.0. The zero-order valence-corrected chi connectivity index (χ0v) is 20.9. The Hall–Kier alpha value is -4.19. The molecule has 0 aromatic heterocycles. The average Bonchev–Trinajstić information content (AvgIpc) is 3.22. The maximum atomic E-state index is 12.9. The number of hydrogen-bond acceptors (Lipinski definition) is 6. The molecule has 0 radical (unpaired) electrons. The quantitative estimate of drug-likeness (QED) is 0.130. The van der Waals surface area contributed by atoms with Gasteiger partial charge in [0.25, 0.3) is 0 Å². The number of carbonyl (C=O) groups excluding carboxylic acids is 3. The van der Waals surface area contributed by atoms with E-state index in [1.54, 1.807) is 24.3 Å². The normalized spacial score (nSPS) is 13.3. The Balaban J connectivity index is 1.27. The van der Waals surface area contributed by atoms with E-state index in [2.05, 4.69) is 31.7 Å². The van der Waals surface area contributed by atoms with Gasteiger partial charge in [-0.15, -0.1) is 0 Å². The van der Waals surface area contributed by atoms with Crippen molar-refractivity contribution in [2.75, 3.05) is 13.2 Å². The van der Waals surface area contributed by atoms with Gasteiger partial charge in [-0.2, -0.15) is 0 Å². The summed E-state index contributed by atoms with van der Waals surface area (Å²) < 4.78 is 16.0. The summed E-state index contributed by atoms with van der Waals surface area (Å²) >= 11 is 0. The molecule has 3 aromatic carbocycles. The highest BCUT2D eigenvalue weighted by molar-refractivity contribution is 5.94. The van der Waals surface area contributed by atoms with Crippen LogP contribution in [0.15, 0.2) is 79.4 Å². The predicted molar refractivity (Wildman–Crippen MR) is 141 cm³/mol. The van der Waals surface area contributed by atoms with Crippen LogP contribution in [0.25, 0.3) is 11.1 Å². The van der Waals surface area contributed by atoms with E-state index in [4.69, 9.17) is 14.2 Å². The van der Waals surface area contributed by atoms with Gasteiger partial charge in [0, 0.05) is 17.6 Å². The number of unbranched alkanes of at least 4 members (excludes halogenated alkanes) is 3. The lowest BCUT2D eigenvalue weighted by molar-refractivity contribution is -0.137. The number of hydrogen-bond donors (Lipinski definition) is 0. The van der Waals surface area contributed by atoms with Crippen molar-refractivity contribution >= 4 is 17.9 Å². The standard InChI is InChI=1S/C31H30O6/c1-3-28(32)35-19-8-4-5-9-20-36-30(33)22-15-17-23(18-16-22)31(34)37-27-14-10-13-26-25-12-7-6-11-24(25)21(2)29(26)27/h3,6-7,10-18,21H,1,4-5,8-9,19-20H2,2H3. The Labute approximate surface area is 216 Å². The highest BCUT2D eigenvalue weighted by Crippen LogP contribution is 2.48. The number of benzene rings is 3. The topological polar surface area (TPSA) is 78.9 Å². The lowest BCUT2D eigenvalue weighted by atomic mass is 9.98. The number of carbonyl (C=O) groups is 3. The molecule has 0 saturated heterocycles. The highest BCUT2D eigenvalue weighted by Gasteiger charge is 2.29. The van der Waals surface area contributed by atoms with Crippen molar-refractivity contribution in [2.45, 2.75) is 38.5 Å². The van der Waals surface area contributed by atoms with Gasteiger partial charge in [0.1, 0.15) is 5.75 Å². The average molecular weight is 499 g/mol. The minimum atomic E-state index is -0.477. The summed E-state index contributed by atoms with van der Waals surface area (Å²) in [5, 5.41) is 0. The van der Waals surface area contributed by atoms with Gasteiger partial charge in [0.15, 0.2) is 0 Å². The van der Waals surface area contributed by atoms with E-state index in [0.29, 0.717) is 30.1 Å². The van der Waals surface area contributed by atoms with Gasteiger partial charge in [0.2, 0.25) is 0 Å². The molecule has 1 aliphatic rings. The first kappa shape index (κ1) is 25.9. The van der Waals surface area contributed by atoms with E-state index in [9.17, 15) is 14.4 Å². The molecule has 1 unspecified atom stereocenters. The van der Waals surface area contributed by atoms with Gasteiger partial charge in [-0.05, 0) is 72.7 Å². The Kier molecular flexibility index (Phi) is 8.52. The van der Waals surface area contributed by atoms with Crippen LogP contribution < -0.4 is 4.74 Å². The maximum Gasteiger partial charge on any atom is 0.343 e. The molecule has 0 amide bonds. The molecule has 190 valence electrons. The molecular formula is C31H30O6. The third-order valence-electron chi connectivity index (χ3n) is 6.46. The smallest absolute Gasteiger partial charge is 0.343 e. The van der Waals surface area contributed by atoms with Gasteiger partial charge >= 0.3 is 17.9 Å². The number of rotatable bonds is 11. The lowest BCUT2D eigenvalue weighted by Gasteiger charge is -2.13. The van der Waals surface area contributed by atoms with Crippen LogP contribution in [-0.2, 0) is 14.3 Å². The molecule has 1 aliphatic carbocycles. The molecule has 37 heavy (non-hydrogen) atoms. The van der Waals surface area contributed by atoms with Gasteiger partial charge < -0.3 is 14.2 Å². The van der Waals surface area contributed by atoms with Crippen molar-refractivity contribution in [3.05, 3.63) is 102 Å². The fourth-order valence-corrected chi connectivity index (χ4v) is 4.53. The summed E-state index contributed by atoms with van der Waals surface area (Å²) in [5.74, 6) is -0.657. The SMILES string of the molecule is C=CC(=O)OCCCCCCOC(=O)c1ccc(C(=O)Oc2cccc3c2C(C)c2ccccc2-3)cc1. The first-order valence-electron chi connectivity index (χ1n) is 12.5. The van der Waals surface area contributed by atoms with Crippen LogP contribution in [0.4, 0.5) is 0 Å². The van der Waals surface area contributed by atoms with E-state index < -0.39 is 17.9 Å². The summed E-state index contributed by atoms with van der Waals surface area (Å²) in [6.07, 6.45) is 4.34. The zero-order chi connectivity index (χ0) is 26.2. The molecule has 4 rings (SSSR count). The third kappa shape index (κ3) is 6.15. The van der Waals surface area contributed by atoms with E-state index in [1.165, 1.54) is 11.1 Å². The second-order valence-corrected chi connectivity index (χ2v) is 8.91. The predicted octanol–water partition coefficient (Wildman–Crippen LogP) is 6.48. The first-order valence-corrected chi connectivity index (χ1v) is 12.5. The van der Waals surface area contributed by atoms with Crippen LogP contribution >= 0.6 is 0 Å². The molecule has 1 atom stereocenters. The minimum Gasteiger partial charge on any atom is -0.463 e. The van der Waals surface area contributed by atoms with Crippen LogP contribution in [0, 0.1) is 0 Å². The fourth-order valence-electron chi connectivity index (χ4n) is 4.53. The Morgan fingerprint density at radius 2 is 1.38 bits per heavy atom. The fraction of sp³-hybridized carbons (Fsp3) is 0.258. The minimum absolute atomic E-state index is 0.127. The number of ether oxygens (including phenoxy) is 3. The summed E-state index contributed by atoms with van der Waals surface area (Å²) in [5.41, 5.74) is 5.21. The molecule has 6 nitrogen and oxygen atoms in total. The summed E-state index contributed by atoms with van der Waals surface area (Å²) in [7, 11) is 0. The van der Waals surface area contributed by atoms with Gasteiger partial charge in [-0.1, -0.05) is 49.9 Å². The second kappa shape index (κ2) is 12.2. The maximum absolute atomic E-state index is 12.9. The highest BCUT2D eigenvalue weighted by atomic mass is 16.5. The number of esters is 3. The lowest BCUT2D eigenvalue weighted by Crippen LogP contribution is -2.11. The molecule has 3 aromatic rings. The molecule has 0 N–H and O–H groups in total. The van der Waals surface area contributed by atoms with Crippen LogP contribution in [0.3, 0.4) is 0 Å². The van der Waals surface area contributed by atoms with Gasteiger partial charge in [-0.25, -0.2) is 14.4 Å². The number of fused-ring (bicyclic) bond motifs is 3. The third-order valence-corrected chi connectivity index (χ3v) is 6.46. The van der Waals surface area contributed by atoms with E-state index >= 15 is 0 Å². The monoisotopic (exact) mass is 498 g/mol. The summed E-state index contributed by atoms with van der Waals surface area (Å²) in [6.45, 7) is 6.12. The van der Waals surface area contributed by atoms with Crippen LogP contribution in [0.1, 0.15) is 70.4 Å². The molecule has 0 aliphatic heterocycles. The Morgan fingerprint density at radius 3 is 2.08 bits per heavy atom. The van der Waals surface area contributed by atoms with Crippen LogP contribution in [0.5, 0.6) is 5.75 Å². The van der Waals surface area contributed by atoms with Crippen molar-refractivity contribution in [3.63, 3.8) is 0 Å². The van der Waals surface area contributed by atoms with Crippen LogP contribution in [-0.4, -0.2) is 31.1 Å².